The van der Waals surface area contributed by atoms with Gasteiger partial charge in [-0.1, -0.05) is 35.9 Å². The normalized spacial score (nSPS) is 12.3. The summed E-state index contributed by atoms with van der Waals surface area (Å²) in [6.45, 7) is 5.27. The number of aromatic amines is 1. The van der Waals surface area contributed by atoms with Gasteiger partial charge in [-0.05, 0) is 45.0 Å². The highest BCUT2D eigenvalue weighted by Gasteiger charge is 2.23. The molecule has 0 aliphatic rings. The molecular formula is C19H20ClN3O3S. The Morgan fingerprint density at radius 2 is 1.78 bits per heavy atom. The summed E-state index contributed by atoms with van der Waals surface area (Å²) in [5.41, 5.74) is 0.708. The second-order valence-electron chi connectivity index (χ2n) is 7.20. The summed E-state index contributed by atoms with van der Waals surface area (Å²) in [6.07, 6.45) is 0. The van der Waals surface area contributed by atoms with Gasteiger partial charge in [0, 0.05) is 22.1 Å². The molecule has 0 radical (unpaired) electrons. The van der Waals surface area contributed by atoms with Crippen molar-refractivity contribution < 1.29 is 13.2 Å². The van der Waals surface area contributed by atoms with Crippen LogP contribution in [0.3, 0.4) is 0 Å². The third kappa shape index (κ3) is 4.32. The van der Waals surface area contributed by atoms with Crippen LogP contribution in [0.1, 0.15) is 31.3 Å². The van der Waals surface area contributed by atoms with Crippen LogP contribution in [-0.2, 0) is 10.0 Å². The molecule has 0 spiro atoms. The molecule has 0 atom stereocenters. The molecule has 0 saturated heterocycles. The lowest BCUT2D eigenvalue weighted by atomic mass is 10.1. The Kier molecular flexibility index (Phi) is 5.03. The molecule has 3 aromatic rings. The second kappa shape index (κ2) is 6.99. The van der Waals surface area contributed by atoms with Gasteiger partial charge in [0.1, 0.15) is 5.69 Å². The van der Waals surface area contributed by atoms with Crippen LogP contribution in [0.4, 0.5) is 5.69 Å². The van der Waals surface area contributed by atoms with Gasteiger partial charge in [0.15, 0.2) is 0 Å². The molecule has 1 aromatic heterocycles. The van der Waals surface area contributed by atoms with Gasteiger partial charge >= 0.3 is 0 Å². The number of para-hydroxylation sites is 1. The molecule has 0 aliphatic heterocycles. The monoisotopic (exact) mass is 405 g/mol. The van der Waals surface area contributed by atoms with Crippen molar-refractivity contribution in [3.8, 4) is 0 Å². The Morgan fingerprint density at radius 1 is 1.07 bits per heavy atom. The average molecular weight is 406 g/mol. The van der Waals surface area contributed by atoms with Crippen molar-refractivity contribution in [2.45, 2.75) is 31.2 Å². The highest BCUT2D eigenvalue weighted by atomic mass is 35.5. The number of rotatable bonds is 4. The minimum absolute atomic E-state index is 0.0676. The van der Waals surface area contributed by atoms with E-state index in [2.05, 4.69) is 15.0 Å². The number of fused-ring (bicyclic) bond motifs is 1. The number of nitrogens with one attached hydrogen (secondary N) is 3. The average Bonchev–Trinajstić information content (AvgIpc) is 2.90. The third-order valence-corrected chi connectivity index (χ3v) is 5.86. The van der Waals surface area contributed by atoms with Gasteiger partial charge in [0.25, 0.3) is 5.91 Å². The van der Waals surface area contributed by atoms with Crippen LogP contribution in [0.2, 0.25) is 5.02 Å². The smallest absolute Gasteiger partial charge is 0.273 e. The predicted octanol–water partition coefficient (Wildman–Crippen LogP) is 4.15. The van der Waals surface area contributed by atoms with Crippen LogP contribution < -0.4 is 10.0 Å². The molecule has 27 heavy (non-hydrogen) atoms. The van der Waals surface area contributed by atoms with Crippen LogP contribution in [0.15, 0.2) is 53.4 Å². The zero-order valence-corrected chi connectivity index (χ0v) is 16.7. The summed E-state index contributed by atoms with van der Waals surface area (Å²) in [5.74, 6) is -0.450. The molecule has 6 nitrogen and oxygen atoms in total. The van der Waals surface area contributed by atoms with Gasteiger partial charge in [0.05, 0.1) is 9.92 Å². The Bertz CT molecular complexity index is 1110. The SMILES string of the molecule is CC(C)(C)NS(=O)(=O)c1cccc(NC(=O)c2[nH]c3ccccc3c2Cl)c1. The number of sulfonamides is 1. The van der Waals surface area contributed by atoms with Crippen molar-refractivity contribution in [2.24, 2.45) is 0 Å². The van der Waals surface area contributed by atoms with E-state index in [1.54, 1.807) is 32.9 Å². The second-order valence-corrected chi connectivity index (χ2v) is 9.26. The Morgan fingerprint density at radius 3 is 2.44 bits per heavy atom. The van der Waals surface area contributed by atoms with Gasteiger partial charge in [0.2, 0.25) is 10.0 Å². The summed E-state index contributed by atoms with van der Waals surface area (Å²) < 4.78 is 27.5. The summed E-state index contributed by atoms with van der Waals surface area (Å²) in [6, 6.07) is 13.4. The maximum atomic E-state index is 12.6. The summed E-state index contributed by atoms with van der Waals surface area (Å²) >= 11 is 6.30. The number of hydrogen-bond acceptors (Lipinski definition) is 3. The molecular weight excluding hydrogens is 386 g/mol. The van der Waals surface area contributed by atoms with Crippen molar-refractivity contribution in [3.63, 3.8) is 0 Å². The lowest BCUT2D eigenvalue weighted by Crippen LogP contribution is -2.40. The van der Waals surface area contributed by atoms with E-state index in [4.69, 9.17) is 11.6 Å². The summed E-state index contributed by atoms with van der Waals surface area (Å²) in [7, 11) is -3.70. The largest absolute Gasteiger partial charge is 0.349 e. The number of H-pyrrole nitrogens is 1. The van der Waals surface area contributed by atoms with E-state index in [-0.39, 0.29) is 10.6 Å². The molecule has 3 N–H and O–H groups in total. The maximum Gasteiger partial charge on any atom is 0.273 e. The number of benzene rings is 2. The van der Waals surface area contributed by atoms with E-state index in [0.717, 1.165) is 10.9 Å². The van der Waals surface area contributed by atoms with Crippen molar-refractivity contribution in [2.75, 3.05) is 5.32 Å². The van der Waals surface area contributed by atoms with Crippen LogP contribution >= 0.6 is 11.6 Å². The van der Waals surface area contributed by atoms with E-state index < -0.39 is 21.5 Å². The first-order valence-electron chi connectivity index (χ1n) is 8.28. The van der Waals surface area contributed by atoms with E-state index in [0.29, 0.717) is 10.7 Å². The maximum absolute atomic E-state index is 12.6. The topological polar surface area (TPSA) is 91.1 Å². The minimum atomic E-state index is -3.70. The molecule has 142 valence electrons. The number of carbonyl (C=O) groups excluding carboxylic acids is 1. The van der Waals surface area contributed by atoms with Crippen LogP contribution in [0.25, 0.3) is 10.9 Å². The van der Waals surface area contributed by atoms with E-state index in [1.807, 2.05) is 24.3 Å². The lowest BCUT2D eigenvalue weighted by Gasteiger charge is -2.20. The van der Waals surface area contributed by atoms with E-state index in [1.165, 1.54) is 12.1 Å². The number of carbonyl (C=O) groups is 1. The number of anilines is 1. The fraction of sp³-hybridized carbons (Fsp3) is 0.211. The van der Waals surface area contributed by atoms with E-state index in [9.17, 15) is 13.2 Å². The lowest BCUT2D eigenvalue weighted by molar-refractivity contribution is 0.102. The summed E-state index contributed by atoms with van der Waals surface area (Å²) in [4.78, 5) is 15.7. The molecule has 1 amide bonds. The Labute approximate surface area is 163 Å². The van der Waals surface area contributed by atoms with Crippen LogP contribution in [0, 0.1) is 0 Å². The molecule has 8 heteroatoms. The molecule has 0 unspecified atom stereocenters. The van der Waals surface area contributed by atoms with Crippen molar-refractivity contribution in [1.29, 1.82) is 0 Å². The summed E-state index contributed by atoms with van der Waals surface area (Å²) in [5, 5.41) is 3.75. The quantitative estimate of drug-likeness (QED) is 0.608. The zero-order valence-electron chi connectivity index (χ0n) is 15.1. The van der Waals surface area contributed by atoms with Crippen molar-refractivity contribution in [3.05, 3.63) is 59.2 Å². The Balaban J connectivity index is 1.88. The first-order valence-corrected chi connectivity index (χ1v) is 10.1. The molecule has 1 heterocycles. The van der Waals surface area contributed by atoms with E-state index >= 15 is 0 Å². The third-order valence-electron chi connectivity index (χ3n) is 3.71. The number of aromatic nitrogens is 1. The number of halogens is 1. The predicted molar refractivity (Wildman–Crippen MR) is 108 cm³/mol. The zero-order chi connectivity index (χ0) is 19.8. The highest BCUT2D eigenvalue weighted by molar-refractivity contribution is 7.89. The van der Waals surface area contributed by atoms with Gasteiger partial charge < -0.3 is 10.3 Å². The van der Waals surface area contributed by atoms with Gasteiger partial charge in [-0.3, -0.25) is 4.79 Å². The fourth-order valence-corrected chi connectivity index (χ4v) is 4.42. The number of amides is 1. The molecule has 0 fully saturated rings. The highest BCUT2D eigenvalue weighted by Crippen LogP contribution is 2.28. The first kappa shape index (κ1) is 19.4. The van der Waals surface area contributed by atoms with Gasteiger partial charge in [-0.2, -0.15) is 0 Å². The molecule has 0 bridgehead atoms. The van der Waals surface area contributed by atoms with Crippen molar-refractivity contribution in [1.82, 2.24) is 9.71 Å². The van der Waals surface area contributed by atoms with Crippen LogP contribution in [-0.4, -0.2) is 24.8 Å². The fourth-order valence-electron chi connectivity index (χ4n) is 2.66. The Hall–Kier alpha value is -2.35. The van der Waals surface area contributed by atoms with Crippen molar-refractivity contribution >= 4 is 44.1 Å². The number of hydrogen-bond donors (Lipinski definition) is 3. The van der Waals surface area contributed by atoms with Gasteiger partial charge in [-0.25, -0.2) is 13.1 Å². The minimum Gasteiger partial charge on any atom is -0.349 e. The molecule has 0 saturated carbocycles. The molecule has 2 aromatic carbocycles. The standard InChI is InChI=1S/C19H20ClN3O3S/c1-19(2,3)23-27(25,26)13-8-6-7-12(11-13)21-18(24)17-16(20)14-9-4-5-10-15(14)22-17/h4-11,22-23H,1-3H3,(H,21,24). The van der Waals surface area contributed by atoms with Gasteiger partial charge in [-0.15, -0.1) is 0 Å². The van der Waals surface area contributed by atoms with Crippen LogP contribution in [0.5, 0.6) is 0 Å². The molecule has 3 rings (SSSR count). The molecule has 0 aliphatic carbocycles. The first-order chi connectivity index (χ1) is 12.6.